The van der Waals surface area contributed by atoms with Gasteiger partial charge in [0.2, 0.25) is 11.8 Å². The molecule has 43 heavy (non-hydrogen) atoms. The van der Waals surface area contributed by atoms with Crippen molar-refractivity contribution in [2.75, 3.05) is 24.1 Å². The number of aryl methyl sites for hydroxylation is 1. The fourth-order valence-electron chi connectivity index (χ4n) is 5.56. The van der Waals surface area contributed by atoms with E-state index in [-0.39, 0.29) is 29.1 Å². The van der Waals surface area contributed by atoms with Gasteiger partial charge in [0.25, 0.3) is 10.0 Å². The van der Waals surface area contributed by atoms with Gasteiger partial charge in [-0.15, -0.1) is 0 Å². The van der Waals surface area contributed by atoms with Crippen LogP contribution in [0.15, 0.2) is 77.7 Å². The summed E-state index contributed by atoms with van der Waals surface area (Å²) in [6.07, 6.45) is 5.11. The summed E-state index contributed by atoms with van der Waals surface area (Å²) in [7, 11) is -4.17. The summed E-state index contributed by atoms with van der Waals surface area (Å²) in [5.41, 5.74) is 2.11. The van der Waals surface area contributed by atoms with Crippen molar-refractivity contribution >= 4 is 27.5 Å². The molecule has 1 saturated carbocycles. The minimum absolute atomic E-state index is 0.0474. The number of nitrogens with one attached hydrogen (secondary N) is 1. The molecule has 0 bridgehead atoms. The summed E-state index contributed by atoms with van der Waals surface area (Å²) in [6, 6.07) is 19.8. The van der Waals surface area contributed by atoms with Crippen LogP contribution in [0.25, 0.3) is 0 Å². The van der Waals surface area contributed by atoms with E-state index in [1.165, 1.54) is 17.0 Å². The maximum Gasteiger partial charge on any atom is 0.264 e. The highest BCUT2D eigenvalue weighted by atomic mass is 32.2. The minimum atomic E-state index is -4.17. The molecule has 1 N–H and O–H groups in total. The molecule has 2 aliphatic rings. The summed E-state index contributed by atoms with van der Waals surface area (Å²) in [5.74, 6) is 0.170. The molecule has 0 radical (unpaired) electrons. The number of amides is 2. The number of rotatable bonds is 10. The lowest BCUT2D eigenvalue weighted by molar-refractivity contribution is -0.139. The first-order chi connectivity index (χ1) is 20.7. The Morgan fingerprint density at radius 2 is 1.58 bits per heavy atom. The third kappa shape index (κ3) is 7.13. The van der Waals surface area contributed by atoms with Crippen LogP contribution in [0.5, 0.6) is 11.5 Å². The van der Waals surface area contributed by atoms with Crippen LogP contribution in [0.1, 0.15) is 50.2 Å². The number of ether oxygens (including phenoxy) is 2. The van der Waals surface area contributed by atoms with E-state index in [4.69, 9.17) is 9.47 Å². The predicted molar refractivity (Wildman–Crippen MR) is 165 cm³/mol. The van der Waals surface area contributed by atoms with Gasteiger partial charge in [-0.2, -0.15) is 0 Å². The SMILES string of the molecule is Cc1ccccc1CN(C(=O)CN(c1ccc2c(c1)OCCO2)S(=O)(=O)c1ccccc1)C(C)C(=O)NC1CCCCC1. The fraction of sp³-hybridized carbons (Fsp3) is 0.394. The van der Waals surface area contributed by atoms with Gasteiger partial charge >= 0.3 is 0 Å². The van der Waals surface area contributed by atoms with Gasteiger partial charge in [0, 0.05) is 18.7 Å². The van der Waals surface area contributed by atoms with Crippen molar-refractivity contribution in [3.05, 3.63) is 83.9 Å². The highest BCUT2D eigenvalue weighted by Crippen LogP contribution is 2.36. The van der Waals surface area contributed by atoms with Crippen LogP contribution in [0, 0.1) is 6.92 Å². The summed E-state index contributed by atoms with van der Waals surface area (Å²) >= 11 is 0. The molecule has 0 spiro atoms. The van der Waals surface area contributed by atoms with Crippen LogP contribution in [0.2, 0.25) is 0 Å². The van der Waals surface area contributed by atoms with Crippen molar-refractivity contribution < 1.29 is 27.5 Å². The van der Waals surface area contributed by atoms with E-state index in [1.807, 2.05) is 31.2 Å². The van der Waals surface area contributed by atoms with E-state index < -0.39 is 28.5 Å². The van der Waals surface area contributed by atoms with E-state index in [0.29, 0.717) is 24.7 Å². The molecule has 0 aromatic heterocycles. The van der Waals surface area contributed by atoms with Gasteiger partial charge in [-0.05, 0) is 62.1 Å². The molecule has 1 unspecified atom stereocenters. The number of nitrogens with zero attached hydrogens (tertiary/aromatic N) is 2. The number of sulfonamides is 1. The van der Waals surface area contributed by atoms with Crippen molar-refractivity contribution in [3.63, 3.8) is 0 Å². The maximum atomic E-state index is 14.2. The number of hydrogen-bond donors (Lipinski definition) is 1. The van der Waals surface area contributed by atoms with E-state index in [9.17, 15) is 18.0 Å². The quantitative estimate of drug-likeness (QED) is 0.355. The number of carbonyl (C=O) groups is 2. The van der Waals surface area contributed by atoms with E-state index >= 15 is 0 Å². The van der Waals surface area contributed by atoms with Crippen molar-refractivity contribution in [2.45, 2.75) is 69.5 Å². The highest BCUT2D eigenvalue weighted by molar-refractivity contribution is 7.92. The smallest absolute Gasteiger partial charge is 0.264 e. The predicted octanol–water partition coefficient (Wildman–Crippen LogP) is 4.83. The minimum Gasteiger partial charge on any atom is -0.486 e. The summed E-state index contributed by atoms with van der Waals surface area (Å²) in [6.45, 7) is 4.03. The zero-order chi connectivity index (χ0) is 30.4. The molecule has 1 heterocycles. The summed E-state index contributed by atoms with van der Waals surface area (Å²) in [5, 5.41) is 3.13. The van der Waals surface area contributed by atoms with Crippen molar-refractivity contribution in [1.29, 1.82) is 0 Å². The number of carbonyl (C=O) groups excluding carboxylic acids is 2. The molecule has 10 heteroatoms. The molecule has 1 aliphatic carbocycles. The molecule has 5 rings (SSSR count). The van der Waals surface area contributed by atoms with Gasteiger partial charge in [-0.1, -0.05) is 61.7 Å². The Hall–Kier alpha value is -4.05. The molecule has 1 aliphatic heterocycles. The lowest BCUT2D eigenvalue weighted by Gasteiger charge is -2.33. The Morgan fingerprint density at radius 1 is 0.907 bits per heavy atom. The Balaban J connectivity index is 1.49. The normalized spacial score (nSPS) is 15.8. The van der Waals surface area contributed by atoms with Gasteiger partial charge in [0.1, 0.15) is 25.8 Å². The lowest BCUT2D eigenvalue weighted by atomic mass is 9.95. The third-order valence-electron chi connectivity index (χ3n) is 8.14. The summed E-state index contributed by atoms with van der Waals surface area (Å²) in [4.78, 5) is 29.3. The molecule has 0 saturated heterocycles. The Bertz CT molecular complexity index is 1540. The second kappa shape index (κ2) is 13.5. The van der Waals surface area contributed by atoms with Crippen LogP contribution < -0.4 is 19.1 Å². The molecular weight excluding hydrogens is 566 g/mol. The molecule has 2 amide bonds. The Morgan fingerprint density at radius 3 is 2.30 bits per heavy atom. The third-order valence-corrected chi connectivity index (χ3v) is 9.93. The average Bonchev–Trinajstić information content (AvgIpc) is 3.03. The first-order valence-electron chi connectivity index (χ1n) is 14.9. The van der Waals surface area contributed by atoms with E-state index in [2.05, 4.69) is 5.32 Å². The highest BCUT2D eigenvalue weighted by Gasteiger charge is 2.34. The molecular formula is C33H39N3O6S. The second-order valence-corrected chi connectivity index (χ2v) is 13.0. The zero-order valence-electron chi connectivity index (χ0n) is 24.7. The first-order valence-corrected chi connectivity index (χ1v) is 16.3. The van der Waals surface area contributed by atoms with Gasteiger partial charge in [-0.3, -0.25) is 13.9 Å². The molecule has 1 fully saturated rings. The second-order valence-electron chi connectivity index (χ2n) is 11.1. The van der Waals surface area contributed by atoms with Crippen molar-refractivity contribution in [2.24, 2.45) is 0 Å². The number of anilines is 1. The van der Waals surface area contributed by atoms with Crippen LogP contribution in [0.4, 0.5) is 5.69 Å². The van der Waals surface area contributed by atoms with Crippen LogP contribution in [-0.2, 0) is 26.2 Å². The Labute approximate surface area is 253 Å². The van der Waals surface area contributed by atoms with Crippen molar-refractivity contribution in [3.8, 4) is 11.5 Å². The molecule has 3 aromatic carbocycles. The van der Waals surface area contributed by atoms with Crippen molar-refractivity contribution in [1.82, 2.24) is 10.2 Å². The molecule has 1 atom stereocenters. The fourth-order valence-corrected chi connectivity index (χ4v) is 6.99. The van der Waals surface area contributed by atoms with Crippen LogP contribution >= 0.6 is 0 Å². The largest absolute Gasteiger partial charge is 0.486 e. The molecule has 3 aromatic rings. The Kier molecular flexibility index (Phi) is 9.55. The standard InChI is InChI=1S/C33H39N3O6S/c1-24-11-9-10-12-26(24)22-35(25(2)33(38)34-27-13-5-3-6-14-27)32(37)23-36(43(39,40)29-15-7-4-8-16-29)28-17-18-30-31(21-28)42-20-19-41-30/h4,7-12,15-18,21,25,27H,3,5-6,13-14,19-20,22-23H2,1-2H3,(H,34,38). The molecule has 228 valence electrons. The average molecular weight is 606 g/mol. The maximum absolute atomic E-state index is 14.2. The van der Waals surface area contributed by atoms with Crippen LogP contribution in [-0.4, -0.2) is 57.0 Å². The summed E-state index contributed by atoms with van der Waals surface area (Å²) < 4.78 is 40.5. The van der Waals surface area contributed by atoms with Crippen LogP contribution in [0.3, 0.4) is 0 Å². The van der Waals surface area contributed by atoms with Gasteiger partial charge in [-0.25, -0.2) is 8.42 Å². The number of fused-ring (bicyclic) bond motifs is 1. The molecule has 9 nitrogen and oxygen atoms in total. The van der Waals surface area contributed by atoms with E-state index in [0.717, 1.165) is 47.5 Å². The monoisotopic (exact) mass is 605 g/mol. The number of hydrogen-bond acceptors (Lipinski definition) is 6. The zero-order valence-corrected chi connectivity index (χ0v) is 25.5. The first kappa shape index (κ1) is 30.4. The van der Waals surface area contributed by atoms with Gasteiger partial charge in [0.05, 0.1) is 10.6 Å². The van der Waals surface area contributed by atoms with Gasteiger partial charge in [0.15, 0.2) is 11.5 Å². The lowest BCUT2D eigenvalue weighted by Crippen LogP contribution is -2.53. The van der Waals surface area contributed by atoms with E-state index in [1.54, 1.807) is 43.3 Å². The van der Waals surface area contributed by atoms with Gasteiger partial charge < -0.3 is 19.7 Å². The topological polar surface area (TPSA) is 105 Å². The number of benzene rings is 3.